The monoisotopic (exact) mass is 248 g/mol. The van der Waals surface area contributed by atoms with Gasteiger partial charge in [0, 0.05) is 17.6 Å². The molecule has 5 heteroatoms. The van der Waals surface area contributed by atoms with Gasteiger partial charge in [0.25, 0.3) is 0 Å². The van der Waals surface area contributed by atoms with Gasteiger partial charge in [-0.1, -0.05) is 11.8 Å². The third-order valence-electron chi connectivity index (χ3n) is 3.21. The summed E-state index contributed by atoms with van der Waals surface area (Å²) < 4.78 is 0. The summed E-state index contributed by atoms with van der Waals surface area (Å²) in [5.41, 5.74) is -0.356. The lowest BCUT2D eigenvalue weighted by Gasteiger charge is -2.34. The van der Waals surface area contributed by atoms with Crippen molar-refractivity contribution >= 4 is 11.8 Å². The molecule has 1 N–H and O–H groups in total. The average Bonchev–Trinajstić information content (AvgIpc) is 2.40. The van der Waals surface area contributed by atoms with Crippen LogP contribution in [0.2, 0.25) is 0 Å². The summed E-state index contributed by atoms with van der Waals surface area (Å²) in [6.45, 7) is 0. The van der Waals surface area contributed by atoms with E-state index in [0.29, 0.717) is 5.25 Å². The van der Waals surface area contributed by atoms with Gasteiger partial charge in [-0.2, -0.15) is 5.26 Å². The van der Waals surface area contributed by atoms with Crippen molar-refractivity contribution < 1.29 is 0 Å². The summed E-state index contributed by atoms with van der Waals surface area (Å²) in [6.07, 6.45) is 7.53. The second-order valence-electron chi connectivity index (χ2n) is 4.31. The number of hydrogen-bond donors (Lipinski definition) is 1. The van der Waals surface area contributed by atoms with Crippen molar-refractivity contribution in [3.05, 3.63) is 18.5 Å². The molecule has 1 aliphatic rings. The van der Waals surface area contributed by atoms with E-state index in [4.69, 9.17) is 0 Å². The maximum absolute atomic E-state index is 9.27. The van der Waals surface area contributed by atoms with E-state index >= 15 is 0 Å². The molecule has 90 valence electrons. The fourth-order valence-corrected chi connectivity index (χ4v) is 3.40. The van der Waals surface area contributed by atoms with Crippen molar-refractivity contribution in [2.24, 2.45) is 0 Å². The summed E-state index contributed by atoms with van der Waals surface area (Å²) >= 11 is 1.68. The van der Waals surface area contributed by atoms with E-state index in [0.717, 1.165) is 30.8 Å². The zero-order valence-corrected chi connectivity index (χ0v) is 10.7. The largest absolute Gasteiger partial charge is 0.302 e. The Hall–Kier alpha value is -1.12. The number of aromatic nitrogens is 2. The molecular formula is C12H16N4S. The fourth-order valence-electron chi connectivity index (χ4n) is 2.20. The summed E-state index contributed by atoms with van der Waals surface area (Å²) in [5.74, 6) is 0. The van der Waals surface area contributed by atoms with E-state index in [1.807, 2.05) is 13.1 Å². The minimum atomic E-state index is -0.356. The Bertz CT molecular complexity index is 403. The maximum Gasteiger partial charge on any atom is 0.187 e. The van der Waals surface area contributed by atoms with Gasteiger partial charge in [-0.3, -0.25) is 0 Å². The van der Waals surface area contributed by atoms with Gasteiger partial charge in [-0.25, -0.2) is 9.97 Å². The predicted molar refractivity (Wildman–Crippen MR) is 67.5 cm³/mol. The van der Waals surface area contributed by atoms with Gasteiger partial charge in [0.1, 0.15) is 5.54 Å². The second kappa shape index (κ2) is 5.48. The highest BCUT2D eigenvalue weighted by Crippen LogP contribution is 2.36. The minimum absolute atomic E-state index is 0.356. The van der Waals surface area contributed by atoms with Gasteiger partial charge in [-0.05, 0) is 38.8 Å². The molecule has 2 unspecified atom stereocenters. The van der Waals surface area contributed by atoms with Crippen molar-refractivity contribution in [3.8, 4) is 6.07 Å². The van der Waals surface area contributed by atoms with E-state index in [9.17, 15) is 5.26 Å². The third kappa shape index (κ3) is 2.96. The first-order valence-corrected chi connectivity index (χ1v) is 6.70. The van der Waals surface area contributed by atoms with Crippen molar-refractivity contribution in [1.29, 1.82) is 5.26 Å². The summed E-state index contributed by atoms with van der Waals surface area (Å²) in [5, 5.41) is 13.7. The van der Waals surface area contributed by atoms with Crippen molar-refractivity contribution in [1.82, 2.24) is 15.3 Å². The first kappa shape index (κ1) is 12.3. The molecule has 0 spiro atoms. The van der Waals surface area contributed by atoms with Gasteiger partial charge in [-0.15, -0.1) is 0 Å². The van der Waals surface area contributed by atoms with Crippen LogP contribution in [-0.2, 0) is 0 Å². The molecule has 0 amide bonds. The van der Waals surface area contributed by atoms with E-state index in [-0.39, 0.29) is 5.54 Å². The van der Waals surface area contributed by atoms with Gasteiger partial charge in [0.2, 0.25) is 0 Å². The lowest BCUT2D eigenvalue weighted by molar-refractivity contribution is 0.323. The Balaban J connectivity index is 2.01. The molecule has 0 bridgehead atoms. The van der Waals surface area contributed by atoms with Crippen LogP contribution < -0.4 is 5.32 Å². The van der Waals surface area contributed by atoms with Crippen LogP contribution in [0.3, 0.4) is 0 Å². The lowest BCUT2D eigenvalue weighted by atomic mass is 9.83. The van der Waals surface area contributed by atoms with Gasteiger partial charge < -0.3 is 5.32 Å². The van der Waals surface area contributed by atoms with Crippen molar-refractivity contribution in [3.63, 3.8) is 0 Å². The molecule has 0 aliphatic heterocycles. The first-order valence-electron chi connectivity index (χ1n) is 5.82. The van der Waals surface area contributed by atoms with Gasteiger partial charge >= 0.3 is 0 Å². The van der Waals surface area contributed by atoms with E-state index in [1.165, 1.54) is 0 Å². The molecule has 1 saturated carbocycles. The summed E-state index contributed by atoms with van der Waals surface area (Å²) in [7, 11) is 1.87. The molecule has 0 radical (unpaired) electrons. The van der Waals surface area contributed by atoms with Crippen LogP contribution >= 0.6 is 11.8 Å². The van der Waals surface area contributed by atoms with Crippen LogP contribution in [0, 0.1) is 11.3 Å². The lowest BCUT2D eigenvalue weighted by Crippen LogP contribution is -2.46. The van der Waals surface area contributed by atoms with Crippen LogP contribution in [0.1, 0.15) is 25.7 Å². The zero-order chi connectivity index (χ0) is 12.1. The Morgan fingerprint density at radius 1 is 1.53 bits per heavy atom. The number of nitriles is 1. The molecule has 0 saturated heterocycles. The van der Waals surface area contributed by atoms with E-state index < -0.39 is 0 Å². The SMILES string of the molecule is CNC1(C#N)CCCC(Sc2ncccn2)C1. The van der Waals surface area contributed by atoms with Crippen LogP contribution in [-0.4, -0.2) is 27.8 Å². The molecule has 2 rings (SSSR count). The first-order chi connectivity index (χ1) is 8.28. The zero-order valence-electron chi connectivity index (χ0n) is 9.89. The molecule has 1 fully saturated rings. The molecule has 4 nitrogen and oxygen atoms in total. The molecule has 0 aromatic carbocycles. The van der Waals surface area contributed by atoms with Crippen LogP contribution in [0.25, 0.3) is 0 Å². The predicted octanol–water partition coefficient (Wildman–Crippen LogP) is 1.99. The van der Waals surface area contributed by atoms with Crippen molar-refractivity contribution in [2.75, 3.05) is 7.05 Å². The van der Waals surface area contributed by atoms with Crippen LogP contribution in [0.5, 0.6) is 0 Å². The van der Waals surface area contributed by atoms with Crippen molar-refractivity contribution in [2.45, 2.75) is 41.6 Å². The smallest absolute Gasteiger partial charge is 0.187 e. The quantitative estimate of drug-likeness (QED) is 0.829. The normalized spacial score (nSPS) is 28.6. The molecule has 1 aromatic heterocycles. The second-order valence-corrected chi connectivity index (χ2v) is 5.58. The standard InChI is InChI=1S/C12H16N4S/c1-14-12(9-13)5-2-4-10(8-12)17-11-15-6-3-7-16-11/h3,6-7,10,14H,2,4-5,8H2,1H3. The van der Waals surface area contributed by atoms with E-state index in [2.05, 4.69) is 21.4 Å². The number of nitrogens with zero attached hydrogens (tertiary/aromatic N) is 3. The summed E-state index contributed by atoms with van der Waals surface area (Å²) in [4.78, 5) is 8.44. The molecule has 17 heavy (non-hydrogen) atoms. The number of rotatable bonds is 3. The molecule has 2 atom stereocenters. The highest BCUT2D eigenvalue weighted by Gasteiger charge is 2.35. The topological polar surface area (TPSA) is 61.6 Å². The Morgan fingerprint density at radius 2 is 2.29 bits per heavy atom. The molecule has 1 aromatic rings. The Labute approximate surface area is 106 Å². The highest BCUT2D eigenvalue weighted by molar-refractivity contribution is 7.99. The van der Waals surface area contributed by atoms with E-state index in [1.54, 1.807) is 24.2 Å². The van der Waals surface area contributed by atoms with Gasteiger partial charge in [0.05, 0.1) is 6.07 Å². The number of hydrogen-bond acceptors (Lipinski definition) is 5. The highest BCUT2D eigenvalue weighted by atomic mass is 32.2. The fraction of sp³-hybridized carbons (Fsp3) is 0.583. The number of thioether (sulfide) groups is 1. The number of nitrogens with one attached hydrogen (secondary N) is 1. The average molecular weight is 248 g/mol. The minimum Gasteiger partial charge on any atom is -0.302 e. The molecule has 1 aliphatic carbocycles. The maximum atomic E-state index is 9.27. The Morgan fingerprint density at radius 3 is 2.94 bits per heavy atom. The molecular weight excluding hydrogens is 232 g/mol. The van der Waals surface area contributed by atoms with Crippen LogP contribution in [0.15, 0.2) is 23.6 Å². The van der Waals surface area contributed by atoms with Crippen LogP contribution in [0.4, 0.5) is 0 Å². The third-order valence-corrected chi connectivity index (χ3v) is 4.37. The Kier molecular flexibility index (Phi) is 3.97. The van der Waals surface area contributed by atoms with Gasteiger partial charge in [0.15, 0.2) is 5.16 Å². The molecule has 1 heterocycles. The summed E-state index contributed by atoms with van der Waals surface area (Å²) in [6, 6.07) is 4.24.